The molecule has 7 nitrogen and oxygen atoms in total. The van der Waals surface area contributed by atoms with Gasteiger partial charge < -0.3 is 19.5 Å². The Morgan fingerprint density at radius 2 is 1.94 bits per heavy atom. The number of nitriles is 1. The van der Waals surface area contributed by atoms with E-state index >= 15 is 0 Å². The molecule has 1 N–H and O–H groups in total. The van der Waals surface area contributed by atoms with Gasteiger partial charge in [-0.1, -0.05) is 11.8 Å². The summed E-state index contributed by atoms with van der Waals surface area (Å²) < 4.78 is 11.5. The molecular formula is C24H24BrN3O4S. The third-order valence-electron chi connectivity index (χ3n) is 5.56. The van der Waals surface area contributed by atoms with Crippen LogP contribution in [0.25, 0.3) is 0 Å². The lowest BCUT2D eigenvalue weighted by Gasteiger charge is -2.42. The van der Waals surface area contributed by atoms with Crippen molar-refractivity contribution in [2.24, 2.45) is 0 Å². The summed E-state index contributed by atoms with van der Waals surface area (Å²) in [7, 11) is 0. The van der Waals surface area contributed by atoms with Crippen LogP contribution >= 0.6 is 27.7 Å². The minimum atomic E-state index is -0.394. The summed E-state index contributed by atoms with van der Waals surface area (Å²) in [5, 5.41) is 21.0. The maximum absolute atomic E-state index is 13.2. The quantitative estimate of drug-likeness (QED) is 0.552. The molecule has 0 spiro atoms. The average Bonchev–Trinajstić information content (AvgIpc) is 2.82. The van der Waals surface area contributed by atoms with Gasteiger partial charge in [-0.2, -0.15) is 5.26 Å². The first-order valence-electron chi connectivity index (χ1n) is 10.7. The highest BCUT2D eigenvalue weighted by atomic mass is 79.9. The molecule has 9 heteroatoms. The van der Waals surface area contributed by atoms with Crippen LogP contribution < -0.4 is 14.4 Å². The van der Waals surface area contributed by atoms with Gasteiger partial charge in [-0.05, 0) is 71.7 Å². The zero-order valence-electron chi connectivity index (χ0n) is 18.4. The van der Waals surface area contributed by atoms with Crippen molar-refractivity contribution >= 4 is 39.3 Å². The van der Waals surface area contributed by atoms with Crippen LogP contribution in [0.2, 0.25) is 0 Å². The van der Waals surface area contributed by atoms with Gasteiger partial charge in [0, 0.05) is 18.0 Å². The Bertz CT molecular complexity index is 1130. The topological polar surface area (TPSA) is 86.0 Å². The maximum atomic E-state index is 13.2. The Morgan fingerprint density at radius 3 is 2.61 bits per heavy atom. The normalized spacial score (nSPS) is 18.1. The Kier molecular flexibility index (Phi) is 7.05. The first-order chi connectivity index (χ1) is 16.0. The van der Waals surface area contributed by atoms with E-state index in [0.29, 0.717) is 46.6 Å². The smallest absolute Gasteiger partial charge is 0.229 e. The van der Waals surface area contributed by atoms with Crippen LogP contribution in [-0.4, -0.2) is 41.7 Å². The monoisotopic (exact) mass is 529 g/mol. The third kappa shape index (κ3) is 4.63. The number of amides is 1. The number of fused-ring (bicyclic) bond motifs is 1. The number of rotatable bonds is 6. The highest BCUT2D eigenvalue weighted by Gasteiger charge is 2.38. The lowest BCUT2D eigenvalue weighted by atomic mass is 9.86. The molecule has 2 heterocycles. The number of ether oxygens (including phenoxy) is 2. The van der Waals surface area contributed by atoms with Crippen molar-refractivity contribution in [2.45, 2.75) is 26.2 Å². The Balaban J connectivity index is 1.63. The van der Waals surface area contributed by atoms with E-state index in [4.69, 9.17) is 9.47 Å². The van der Waals surface area contributed by atoms with Crippen molar-refractivity contribution in [2.75, 3.05) is 30.7 Å². The number of benzene rings is 2. The summed E-state index contributed by atoms with van der Waals surface area (Å²) in [5.41, 5.74) is 2.31. The van der Waals surface area contributed by atoms with Gasteiger partial charge in [-0.15, -0.1) is 0 Å². The van der Waals surface area contributed by atoms with Crippen LogP contribution in [0.3, 0.4) is 0 Å². The number of aromatic hydroxyl groups is 1. The SMILES string of the molecule is CCOc1ccc(N2CSC3=C(C#N)[C@@H](c4cc(Br)c(O)c(OCC)c4)CC(=O)N3C2)cc1. The van der Waals surface area contributed by atoms with Crippen LogP contribution in [0.15, 0.2) is 51.5 Å². The largest absolute Gasteiger partial charge is 0.503 e. The molecular weight excluding hydrogens is 506 g/mol. The molecule has 0 aromatic heterocycles. The molecule has 2 aromatic carbocycles. The van der Waals surface area contributed by atoms with Gasteiger partial charge in [0.1, 0.15) is 5.75 Å². The number of carbonyl (C=O) groups is 1. The molecule has 0 radical (unpaired) electrons. The number of phenols is 1. The second-order valence-corrected chi connectivity index (χ2v) is 9.36. The van der Waals surface area contributed by atoms with Gasteiger partial charge in [0.15, 0.2) is 11.5 Å². The number of carbonyl (C=O) groups excluding carboxylic acids is 1. The first-order valence-corrected chi connectivity index (χ1v) is 12.4. The van der Waals surface area contributed by atoms with Gasteiger partial charge in [0.25, 0.3) is 0 Å². The lowest BCUT2D eigenvalue weighted by molar-refractivity contribution is -0.129. The van der Waals surface area contributed by atoms with Crippen LogP contribution in [0.5, 0.6) is 17.2 Å². The molecule has 0 aliphatic carbocycles. The molecule has 1 saturated heterocycles. The van der Waals surface area contributed by atoms with Gasteiger partial charge in [-0.25, -0.2) is 0 Å². The Labute approximate surface area is 205 Å². The summed E-state index contributed by atoms with van der Waals surface area (Å²) in [5.74, 6) is 1.33. The third-order valence-corrected chi connectivity index (χ3v) is 7.32. The fourth-order valence-corrected chi connectivity index (χ4v) is 5.62. The second kappa shape index (κ2) is 9.98. The van der Waals surface area contributed by atoms with Gasteiger partial charge in [0.05, 0.1) is 46.9 Å². The van der Waals surface area contributed by atoms with Crippen molar-refractivity contribution in [3.05, 3.63) is 57.0 Å². The molecule has 2 aliphatic heterocycles. The molecule has 1 fully saturated rings. The fraction of sp³-hybridized carbons (Fsp3) is 0.333. The van der Waals surface area contributed by atoms with E-state index in [2.05, 4.69) is 26.9 Å². The number of allylic oxidation sites excluding steroid dienone is 1. The van der Waals surface area contributed by atoms with Crippen molar-refractivity contribution in [3.8, 4) is 23.3 Å². The van der Waals surface area contributed by atoms with E-state index in [1.165, 1.54) is 11.8 Å². The van der Waals surface area contributed by atoms with Crippen molar-refractivity contribution in [3.63, 3.8) is 0 Å². The highest BCUT2D eigenvalue weighted by molar-refractivity contribution is 9.10. The average molecular weight is 530 g/mol. The summed E-state index contributed by atoms with van der Waals surface area (Å²) >= 11 is 4.85. The molecule has 172 valence electrons. The highest BCUT2D eigenvalue weighted by Crippen LogP contribution is 2.46. The summed E-state index contributed by atoms with van der Waals surface area (Å²) in [6, 6.07) is 13.6. The van der Waals surface area contributed by atoms with E-state index in [-0.39, 0.29) is 18.1 Å². The molecule has 1 amide bonds. The van der Waals surface area contributed by atoms with Crippen LogP contribution in [0.4, 0.5) is 5.69 Å². The van der Waals surface area contributed by atoms with Crippen LogP contribution in [0.1, 0.15) is 31.7 Å². The van der Waals surface area contributed by atoms with Gasteiger partial charge >= 0.3 is 0 Å². The van der Waals surface area contributed by atoms with E-state index in [0.717, 1.165) is 17.0 Å². The standard InChI is InChI=1S/C24H24BrN3O4S/c1-3-31-17-7-5-16(6-8-17)27-13-28-22(29)11-18(19(12-26)24(28)33-14-27)15-9-20(25)23(30)21(10-15)32-4-2/h5-10,18,30H,3-4,11,13-14H2,1-2H3/t18-/m1/s1. The minimum Gasteiger partial charge on any atom is -0.503 e. The minimum absolute atomic E-state index is 0.00793. The van der Waals surface area contributed by atoms with Crippen LogP contribution in [0, 0.1) is 11.3 Å². The van der Waals surface area contributed by atoms with E-state index in [1.54, 1.807) is 17.0 Å². The number of hydrogen-bond acceptors (Lipinski definition) is 7. The summed E-state index contributed by atoms with van der Waals surface area (Å²) in [4.78, 5) is 17.0. The van der Waals surface area contributed by atoms with E-state index in [9.17, 15) is 15.2 Å². The van der Waals surface area contributed by atoms with Gasteiger partial charge in [0.2, 0.25) is 5.91 Å². The Morgan fingerprint density at radius 1 is 1.21 bits per heavy atom. The number of hydrogen-bond donors (Lipinski definition) is 1. The first kappa shape index (κ1) is 23.3. The zero-order valence-corrected chi connectivity index (χ0v) is 20.8. The number of halogens is 1. The summed E-state index contributed by atoms with van der Waals surface area (Å²) in [6.07, 6.45) is 0.173. The predicted octanol–water partition coefficient (Wildman–Crippen LogP) is 5.17. The number of anilines is 1. The second-order valence-electron chi connectivity index (χ2n) is 7.57. The molecule has 2 aliphatic rings. The molecule has 0 bridgehead atoms. The van der Waals surface area contributed by atoms with E-state index < -0.39 is 5.92 Å². The molecule has 0 unspecified atom stereocenters. The number of phenolic OH excluding ortho intramolecular Hbond substituents is 1. The number of nitrogens with zero attached hydrogens (tertiary/aromatic N) is 3. The molecule has 2 aromatic rings. The van der Waals surface area contributed by atoms with Crippen LogP contribution in [-0.2, 0) is 4.79 Å². The zero-order chi connectivity index (χ0) is 23.5. The molecule has 4 rings (SSSR count). The predicted molar refractivity (Wildman–Crippen MR) is 131 cm³/mol. The van der Waals surface area contributed by atoms with Crippen molar-refractivity contribution in [1.82, 2.24) is 4.90 Å². The molecule has 33 heavy (non-hydrogen) atoms. The molecule has 0 saturated carbocycles. The Hall–Kier alpha value is -2.83. The van der Waals surface area contributed by atoms with Crippen molar-refractivity contribution in [1.29, 1.82) is 5.26 Å². The fourth-order valence-electron chi connectivity index (χ4n) is 3.99. The maximum Gasteiger partial charge on any atom is 0.229 e. The van der Waals surface area contributed by atoms with Crippen molar-refractivity contribution < 1.29 is 19.4 Å². The molecule has 1 atom stereocenters. The van der Waals surface area contributed by atoms with E-state index in [1.807, 2.05) is 38.1 Å². The van der Waals surface area contributed by atoms with Gasteiger partial charge in [-0.3, -0.25) is 9.69 Å². The summed E-state index contributed by atoms with van der Waals surface area (Å²) in [6.45, 7) is 5.16. The number of thioether (sulfide) groups is 1. The lowest BCUT2D eigenvalue weighted by Crippen LogP contribution is -2.47.